The molecule has 0 aliphatic heterocycles. The molecular formula is C144H258. The highest BCUT2D eigenvalue weighted by molar-refractivity contribution is 5.76. The SMILES string of the molecule is CC1(C)C(C)(C)C2(C)C(C)(C)C(C)(C)C(C)(C1(C)C)C2(C)C.CC1(C)C(C)(C)C2(C)C(C)(C)C(C)(C1(C)C)C2(C)C.CC1(C)C(C)(C)C2(C)C(C)(C)C1(C)C2(C)C.CC1=C(C)C2(C)C(C)(C)C(C)(C)C(C)(C)C1(C)C2(C)C.CC1=C(C)C2(C)C(C)(C)C(C)(C1(C)C)C2(C)C.CC1=C(C)C2(C)C(C)(C)C(C)=C(C)C2(C)C1(C)C.CC1=C(C)C2(C)C(C)(C)C1(C)C2(C)C.CC1=C(C)C2(C)C(C)=C(C)C(C)(C)C2(C)C1(C)C. The first-order valence-corrected chi connectivity index (χ1v) is 59.5. The van der Waals surface area contributed by atoms with Gasteiger partial charge in [0, 0.05) is 27.1 Å². The van der Waals surface area contributed by atoms with Crippen LogP contribution < -0.4 is 0 Å². The summed E-state index contributed by atoms with van der Waals surface area (Å²) in [6.45, 7) is 214. The van der Waals surface area contributed by atoms with Gasteiger partial charge >= 0.3 is 0 Å². The summed E-state index contributed by atoms with van der Waals surface area (Å²) >= 11 is 0. The van der Waals surface area contributed by atoms with E-state index in [4.69, 9.17) is 0 Å². The van der Waals surface area contributed by atoms with E-state index in [1.54, 1.807) is 78.0 Å². The Labute approximate surface area is 905 Å². The summed E-state index contributed by atoms with van der Waals surface area (Å²) in [5, 5.41) is 0. The third kappa shape index (κ3) is 10.2. The fraction of sp³-hybridized carbons (Fsp3) is 0.903. The summed E-state index contributed by atoms with van der Waals surface area (Å²) in [6.07, 6.45) is 0. The first-order valence-electron chi connectivity index (χ1n) is 59.5. The minimum atomic E-state index is 0.230. The monoisotopic (exact) mass is 1990 g/mol. The molecule has 0 spiro atoms. The first kappa shape index (κ1) is 126. The van der Waals surface area contributed by atoms with Crippen LogP contribution in [0.4, 0.5) is 0 Å². The van der Waals surface area contributed by atoms with Gasteiger partial charge in [0.15, 0.2) is 0 Å². The van der Waals surface area contributed by atoms with E-state index in [1.807, 2.05) is 0 Å². The van der Waals surface area contributed by atoms with E-state index in [2.05, 4.69) is 595 Å². The van der Waals surface area contributed by atoms with Crippen molar-refractivity contribution in [2.45, 2.75) is 595 Å². The second kappa shape index (κ2) is 30.0. The topological polar surface area (TPSA) is 0 Å². The van der Waals surface area contributed by atoms with Crippen molar-refractivity contribution in [2.75, 3.05) is 0 Å². The lowest BCUT2D eigenvalue weighted by molar-refractivity contribution is -0.461. The quantitative estimate of drug-likeness (QED) is 0.212. The number of rotatable bonds is 0. The second-order valence-electron chi connectivity index (χ2n) is 72.2. The molecule has 0 saturated heterocycles. The Morgan fingerprint density at radius 1 is 0.0764 bits per heavy atom. The van der Waals surface area contributed by atoms with E-state index < -0.39 is 0 Å². The van der Waals surface area contributed by atoms with Crippen molar-refractivity contribution in [1.82, 2.24) is 0 Å². The van der Waals surface area contributed by atoms with E-state index in [0.29, 0.717) is 119 Å². The molecule has 12 bridgehead atoms. The Hall–Kier alpha value is -1.82. The average molecular weight is 1990 g/mol. The zero-order valence-corrected chi connectivity index (χ0v) is 115. The highest BCUT2D eigenvalue weighted by Crippen LogP contribution is 3.00. The zero-order chi connectivity index (χ0) is 116. The largest absolute Gasteiger partial charge is 0.0676 e. The highest BCUT2D eigenvalue weighted by Gasteiger charge is 2.95. The Kier molecular flexibility index (Phi) is 26.2. The molecule has 6 atom stereocenters. The predicted molar refractivity (Wildman–Crippen MR) is 646 cm³/mol. The van der Waals surface area contributed by atoms with Crippen molar-refractivity contribution >= 4 is 0 Å². The van der Waals surface area contributed by atoms with Crippen LogP contribution in [0.15, 0.2) is 78.0 Å². The van der Waals surface area contributed by atoms with Gasteiger partial charge in [0.2, 0.25) is 0 Å². The van der Waals surface area contributed by atoms with Crippen molar-refractivity contribution in [3.05, 3.63) is 88.9 Å². The molecule has 0 nitrogen and oxygen atoms in total. The first-order chi connectivity index (χ1) is 61.7. The second-order valence-corrected chi connectivity index (χ2v) is 72.2. The zero-order valence-electron chi connectivity index (χ0n) is 115. The van der Waals surface area contributed by atoms with Crippen molar-refractivity contribution in [1.29, 1.82) is 0 Å². The Morgan fingerprint density at radius 3 is 0.368 bits per heavy atom. The van der Waals surface area contributed by atoms with Crippen LogP contribution in [0.1, 0.15) is 595 Å². The minimum absolute atomic E-state index is 0.230. The molecule has 0 radical (unpaired) electrons. The van der Waals surface area contributed by atoms with Crippen molar-refractivity contribution < 1.29 is 0 Å². The molecule has 0 heterocycles. The van der Waals surface area contributed by atoms with Gasteiger partial charge in [0.05, 0.1) is 0 Å². The van der Waals surface area contributed by atoms with Crippen LogP contribution in [0.5, 0.6) is 0 Å². The van der Waals surface area contributed by atoms with Gasteiger partial charge in [-0.3, -0.25) is 0 Å². The van der Waals surface area contributed by atoms with Crippen molar-refractivity contribution in [2.24, 2.45) is 227 Å². The van der Waals surface area contributed by atoms with Crippen LogP contribution in [-0.4, -0.2) is 0 Å². The van der Waals surface area contributed by atoms with Gasteiger partial charge in [-0.2, -0.15) is 0 Å². The van der Waals surface area contributed by atoms with Crippen LogP contribution in [0, 0.1) is 238 Å². The fourth-order valence-electron chi connectivity index (χ4n) is 51.9. The van der Waals surface area contributed by atoms with Gasteiger partial charge in [0.1, 0.15) is 0 Å². The Balaban J connectivity index is 0.000000184. The molecule has 144 heavy (non-hydrogen) atoms. The molecule has 0 aromatic heterocycles. The summed E-state index contributed by atoms with van der Waals surface area (Å²) in [5.74, 6) is 0. The van der Waals surface area contributed by atoms with Gasteiger partial charge in [0.25, 0.3) is 0 Å². The third-order valence-electron chi connectivity index (χ3n) is 73.6. The maximum atomic E-state index is 2.61. The molecule has 20 rings (SSSR count). The Bertz CT molecular complexity index is 5220. The molecule has 11 fully saturated rings. The van der Waals surface area contributed by atoms with E-state index in [1.165, 1.54) is 0 Å². The minimum Gasteiger partial charge on any atom is -0.0676 e. The molecule has 0 N–H and O–H groups in total. The molecule has 6 unspecified atom stereocenters. The average Bonchev–Trinajstić information content (AvgIpc) is 1.57. The van der Waals surface area contributed by atoms with Crippen LogP contribution in [0.3, 0.4) is 0 Å². The maximum absolute atomic E-state index is 2.61. The lowest BCUT2D eigenvalue weighted by Crippen LogP contribution is -2.88. The molecular weight excluding hydrogens is 1730 g/mol. The van der Waals surface area contributed by atoms with E-state index in [9.17, 15) is 0 Å². The normalized spacial score (nSPS) is 45.3. The molecule has 20 aliphatic rings. The molecule has 0 aromatic carbocycles. The number of hydrogen-bond acceptors (Lipinski definition) is 0. The maximum Gasteiger partial charge on any atom is 0.0162 e. The summed E-state index contributed by atoms with van der Waals surface area (Å²) in [4.78, 5) is 0. The van der Waals surface area contributed by atoms with E-state index in [-0.39, 0.29) is 119 Å². The van der Waals surface area contributed by atoms with Gasteiger partial charge in [-0.25, -0.2) is 0 Å². The lowest BCUT2D eigenvalue weighted by atomic mass is 9.11. The number of allylic oxidation sites excluding steroid dienone is 14. The molecule has 0 amide bonds. The molecule has 834 valence electrons. The molecule has 0 aromatic rings. The predicted octanol–water partition coefficient (Wildman–Crippen LogP) is 46.5. The standard InChI is InChI=1S/C22H42.C20H36.C19H36.2C18H30.C17H30.C16H30.C14H24/c1-15(2)16(3,4)21(13)18(7,8)19(9,10)22(14,17(15,5)6)20(21,11)12;1-13-14(2)20(12)17(7,8)15(3,4)16(5,6)19(13,11)18(20,9)10;1-13(2)14(3,4)18(11)16(7,8)19(12,15(13,5)6)17(18,9)10;1-11-13(3)17(9)16(7,8)12(2)14(4)18(17,10)15(11,5)6;1-11-13(3)17(9)14(4)12(2)16(7,8)18(17,10)15(11,5)6;1-11-12(2)16(9)14(5,6)17(10,13(11,3)4)15(16,7)8;1-11(2)12(3,4)16(10)13(5,6)15(11,9)14(16,7)8;1-9-10(2)14(8)11(3,4)13(9,7)12(14,5)6/h1-14H3;1-12H3;1-12H3;2*1-10H3;1-10H3;1-10H3;1-8H3. The lowest BCUT2D eigenvalue weighted by Gasteiger charge is -2.93. The molecule has 20 aliphatic carbocycles. The highest BCUT2D eigenvalue weighted by atomic mass is 15.0. The van der Waals surface area contributed by atoms with Crippen molar-refractivity contribution in [3.63, 3.8) is 0 Å². The van der Waals surface area contributed by atoms with Gasteiger partial charge in [-0.15, -0.1) is 0 Å². The van der Waals surface area contributed by atoms with Crippen LogP contribution in [0.2, 0.25) is 0 Å². The Morgan fingerprint density at radius 2 is 0.194 bits per heavy atom. The van der Waals surface area contributed by atoms with Gasteiger partial charge < -0.3 is 0 Å². The van der Waals surface area contributed by atoms with Gasteiger partial charge in [-0.05, 0) is 308 Å². The fourth-order valence-corrected chi connectivity index (χ4v) is 51.9. The summed E-state index contributed by atoms with van der Waals surface area (Å²) in [5.41, 5.74) is 36.8. The summed E-state index contributed by atoms with van der Waals surface area (Å²) in [7, 11) is 0. The molecule has 11 saturated carbocycles. The smallest absolute Gasteiger partial charge is 0.0162 e. The molecule has 0 heteroatoms. The number of fused-ring (bicyclic) bond motifs is 10. The van der Waals surface area contributed by atoms with Crippen molar-refractivity contribution in [3.8, 4) is 0 Å². The summed E-state index contributed by atoms with van der Waals surface area (Å²) in [6, 6.07) is 0. The summed E-state index contributed by atoms with van der Waals surface area (Å²) < 4.78 is 0. The third-order valence-corrected chi connectivity index (χ3v) is 73.6. The van der Waals surface area contributed by atoms with E-state index in [0.717, 1.165) is 0 Å². The van der Waals surface area contributed by atoms with Crippen LogP contribution >= 0.6 is 0 Å². The van der Waals surface area contributed by atoms with Gasteiger partial charge in [-0.1, -0.05) is 577 Å². The number of hydrogen-bond donors (Lipinski definition) is 0. The van der Waals surface area contributed by atoms with E-state index >= 15 is 0 Å². The van der Waals surface area contributed by atoms with Crippen LogP contribution in [0.25, 0.3) is 0 Å². The van der Waals surface area contributed by atoms with Crippen LogP contribution in [-0.2, 0) is 0 Å².